The minimum Gasteiger partial charge on any atom is -0.380 e. The van der Waals surface area contributed by atoms with Crippen LogP contribution in [0.15, 0.2) is 24.3 Å². The first-order valence-corrected chi connectivity index (χ1v) is 7.38. The molecule has 0 radical (unpaired) electrons. The third-order valence-electron chi connectivity index (χ3n) is 4.13. The lowest BCUT2D eigenvalue weighted by Crippen LogP contribution is -2.42. The Balaban J connectivity index is 2.01. The minimum atomic E-state index is 0.0732. The summed E-state index contributed by atoms with van der Waals surface area (Å²) in [6.45, 7) is 8.18. The summed E-state index contributed by atoms with van der Waals surface area (Å²) in [6, 6.07) is 9.15. The normalized spacial score (nSPS) is 20.8. The highest BCUT2D eigenvalue weighted by Gasteiger charge is 2.22. The number of hydrogen-bond donors (Lipinski definition) is 1. The number of hydrogen-bond acceptors (Lipinski definition) is 3. The standard InChI is InChI=1S/C16H26N2O/c1-3-14-5-7-15(8-6-14)16(17)13(2)18-9-4-11-19-12-10-18/h5-8,13,16H,3-4,9-12,17H2,1-2H3. The molecular weight excluding hydrogens is 236 g/mol. The molecule has 1 fully saturated rings. The second-order valence-electron chi connectivity index (χ2n) is 5.36. The SMILES string of the molecule is CCc1ccc(C(N)C(C)N2CCCOCC2)cc1. The molecule has 3 nitrogen and oxygen atoms in total. The van der Waals surface area contributed by atoms with Gasteiger partial charge in [-0.1, -0.05) is 31.2 Å². The molecule has 2 N–H and O–H groups in total. The fourth-order valence-electron chi connectivity index (χ4n) is 2.65. The topological polar surface area (TPSA) is 38.5 Å². The van der Waals surface area contributed by atoms with Gasteiger partial charge in [-0.3, -0.25) is 4.90 Å². The van der Waals surface area contributed by atoms with Crippen LogP contribution in [-0.2, 0) is 11.2 Å². The van der Waals surface area contributed by atoms with Crippen molar-refractivity contribution in [3.8, 4) is 0 Å². The number of rotatable bonds is 4. The molecule has 1 aliphatic heterocycles. The summed E-state index contributed by atoms with van der Waals surface area (Å²) < 4.78 is 5.51. The number of benzene rings is 1. The molecule has 1 aliphatic rings. The van der Waals surface area contributed by atoms with Crippen LogP contribution < -0.4 is 5.73 Å². The maximum absolute atomic E-state index is 6.43. The van der Waals surface area contributed by atoms with Crippen LogP contribution in [0.5, 0.6) is 0 Å². The van der Waals surface area contributed by atoms with Crippen LogP contribution in [0, 0.1) is 0 Å². The smallest absolute Gasteiger partial charge is 0.0593 e. The van der Waals surface area contributed by atoms with Gasteiger partial charge in [0.1, 0.15) is 0 Å². The van der Waals surface area contributed by atoms with Crippen molar-refractivity contribution in [2.75, 3.05) is 26.3 Å². The zero-order valence-electron chi connectivity index (χ0n) is 12.1. The van der Waals surface area contributed by atoms with E-state index in [9.17, 15) is 0 Å². The minimum absolute atomic E-state index is 0.0732. The van der Waals surface area contributed by atoms with Gasteiger partial charge in [0.25, 0.3) is 0 Å². The van der Waals surface area contributed by atoms with Crippen molar-refractivity contribution in [3.63, 3.8) is 0 Å². The molecule has 19 heavy (non-hydrogen) atoms. The lowest BCUT2D eigenvalue weighted by Gasteiger charge is -2.31. The molecule has 106 valence electrons. The average molecular weight is 262 g/mol. The summed E-state index contributed by atoms with van der Waals surface area (Å²) in [5.74, 6) is 0. The van der Waals surface area contributed by atoms with E-state index in [1.807, 2.05) is 0 Å². The molecule has 1 heterocycles. The number of ether oxygens (including phenoxy) is 1. The van der Waals surface area contributed by atoms with E-state index in [-0.39, 0.29) is 6.04 Å². The van der Waals surface area contributed by atoms with Gasteiger partial charge in [-0.05, 0) is 30.9 Å². The molecule has 0 saturated carbocycles. The van der Waals surface area contributed by atoms with Gasteiger partial charge in [0.2, 0.25) is 0 Å². The molecule has 0 spiro atoms. The number of nitrogens with zero attached hydrogens (tertiary/aromatic N) is 1. The predicted molar refractivity (Wildman–Crippen MR) is 79.2 cm³/mol. The molecule has 2 unspecified atom stereocenters. The third kappa shape index (κ3) is 3.78. The fourth-order valence-corrected chi connectivity index (χ4v) is 2.65. The highest BCUT2D eigenvalue weighted by molar-refractivity contribution is 5.25. The molecule has 0 bridgehead atoms. The molecule has 2 rings (SSSR count). The van der Waals surface area contributed by atoms with Crippen molar-refractivity contribution < 1.29 is 4.74 Å². The van der Waals surface area contributed by atoms with Crippen molar-refractivity contribution in [3.05, 3.63) is 35.4 Å². The Hall–Kier alpha value is -0.900. The first-order chi connectivity index (χ1) is 9.22. The van der Waals surface area contributed by atoms with Crippen LogP contribution in [0.25, 0.3) is 0 Å². The first-order valence-electron chi connectivity index (χ1n) is 7.38. The Kier molecular flexibility index (Phi) is 5.37. The van der Waals surface area contributed by atoms with E-state index in [0.29, 0.717) is 6.04 Å². The van der Waals surface area contributed by atoms with Crippen LogP contribution >= 0.6 is 0 Å². The maximum Gasteiger partial charge on any atom is 0.0593 e. The van der Waals surface area contributed by atoms with E-state index < -0.39 is 0 Å². The van der Waals surface area contributed by atoms with Crippen molar-refractivity contribution in [2.45, 2.75) is 38.8 Å². The van der Waals surface area contributed by atoms with Crippen LogP contribution in [0.3, 0.4) is 0 Å². The van der Waals surface area contributed by atoms with Crippen LogP contribution in [0.1, 0.15) is 37.4 Å². The van der Waals surface area contributed by atoms with Crippen molar-refractivity contribution in [1.29, 1.82) is 0 Å². The summed E-state index contributed by atoms with van der Waals surface area (Å²) in [7, 11) is 0. The monoisotopic (exact) mass is 262 g/mol. The average Bonchev–Trinajstić information content (AvgIpc) is 2.75. The van der Waals surface area contributed by atoms with Crippen molar-refractivity contribution in [1.82, 2.24) is 4.90 Å². The van der Waals surface area contributed by atoms with Crippen molar-refractivity contribution in [2.24, 2.45) is 5.73 Å². The van der Waals surface area contributed by atoms with Gasteiger partial charge in [0, 0.05) is 31.8 Å². The summed E-state index contributed by atoms with van der Waals surface area (Å²) in [5, 5.41) is 0. The van der Waals surface area contributed by atoms with Gasteiger partial charge in [0.15, 0.2) is 0 Å². The zero-order chi connectivity index (χ0) is 13.7. The van der Waals surface area contributed by atoms with Crippen LogP contribution in [0.4, 0.5) is 0 Å². The Labute approximate surface area is 116 Å². The second kappa shape index (κ2) is 7.04. The quantitative estimate of drug-likeness (QED) is 0.905. The fraction of sp³-hybridized carbons (Fsp3) is 0.625. The number of aryl methyl sites for hydroxylation is 1. The van der Waals surface area contributed by atoms with Gasteiger partial charge >= 0.3 is 0 Å². The van der Waals surface area contributed by atoms with E-state index in [1.165, 1.54) is 11.1 Å². The summed E-state index contributed by atoms with van der Waals surface area (Å²) in [4.78, 5) is 2.45. The molecule has 0 aromatic heterocycles. The van der Waals surface area contributed by atoms with E-state index in [1.54, 1.807) is 0 Å². The van der Waals surface area contributed by atoms with Crippen LogP contribution in [0.2, 0.25) is 0 Å². The van der Waals surface area contributed by atoms with Crippen molar-refractivity contribution >= 4 is 0 Å². The highest BCUT2D eigenvalue weighted by Crippen LogP contribution is 2.20. The Morgan fingerprint density at radius 3 is 2.63 bits per heavy atom. The molecule has 0 amide bonds. The van der Waals surface area contributed by atoms with E-state index >= 15 is 0 Å². The first kappa shape index (κ1) is 14.5. The number of nitrogens with two attached hydrogens (primary N) is 1. The Morgan fingerprint density at radius 2 is 1.95 bits per heavy atom. The highest BCUT2D eigenvalue weighted by atomic mass is 16.5. The Morgan fingerprint density at radius 1 is 1.21 bits per heavy atom. The second-order valence-corrected chi connectivity index (χ2v) is 5.36. The molecule has 2 atom stereocenters. The van der Waals surface area contributed by atoms with Gasteiger partial charge in [-0.2, -0.15) is 0 Å². The maximum atomic E-state index is 6.43. The molecule has 1 aromatic carbocycles. The Bertz CT molecular complexity index is 369. The largest absolute Gasteiger partial charge is 0.380 e. The molecular formula is C16H26N2O. The van der Waals surface area contributed by atoms with Gasteiger partial charge < -0.3 is 10.5 Å². The molecule has 1 saturated heterocycles. The predicted octanol–water partition coefficient (Wildman–Crippen LogP) is 2.36. The molecule has 0 aliphatic carbocycles. The summed E-state index contributed by atoms with van der Waals surface area (Å²) in [6.07, 6.45) is 2.18. The van der Waals surface area contributed by atoms with Gasteiger partial charge in [-0.15, -0.1) is 0 Å². The lowest BCUT2D eigenvalue weighted by atomic mass is 9.98. The lowest BCUT2D eigenvalue weighted by molar-refractivity contribution is 0.129. The summed E-state index contributed by atoms with van der Waals surface area (Å²) in [5.41, 5.74) is 9.03. The zero-order valence-corrected chi connectivity index (χ0v) is 12.1. The van der Waals surface area contributed by atoms with E-state index in [4.69, 9.17) is 10.5 Å². The van der Waals surface area contributed by atoms with Gasteiger partial charge in [0.05, 0.1) is 6.61 Å². The molecule has 3 heteroatoms. The third-order valence-corrected chi connectivity index (χ3v) is 4.13. The summed E-state index contributed by atoms with van der Waals surface area (Å²) >= 11 is 0. The van der Waals surface area contributed by atoms with E-state index in [2.05, 4.69) is 43.0 Å². The van der Waals surface area contributed by atoms with Gasteiger partial charge in [-0.25, -0.2) is 0 Å². The molecule has 1 aromatic rings. The van der Waals surface area contributed by atoms with Crippen LogP contribution in [-0.4, -0.2) is 37.2 Å². The van der Waals surface area contributed by atoms with E-state index in [0.717, 1.165) is 39.1 Å².